The van der Waals surface area contributed by atoms with E-state index in [1.807, 2.05) is 30.3 Å². The molecule has 0 aliphatic heterocycles. The Labute approximate surface area is 116 Å². The summed E-state index contributed by atoms with van der Waals surface area (Å²) >= 11 is 6.08. The van der Waals surface area contributed by atoms with Gasteiger partial charge < -0.3 is 4.90 Å². The molecule has 1 aromatic carbocycles. The van der Waals surface area contributed by atoms with Crippen LogP contribution in [0, 0.1) is 11.3 Å². The van der Waals surface area contributed by atoms with Crippen LogP contribution in [0.1, 0.15) is 16.9 Å². The van der Waals surface area contributed by atoms with E-state index in [0.717, 1.165) is 10.8 Å². The molecule has 4 nitrogen and oxygen atoms in total. The third-order valence-corrected chi connectivity index (χ3v) is 3.11. The zero-order valence-corrected chi connectivity index (χ0v) is 11.2. The molecule has 0 unspecified atom stereocenters. The number of amides is 1. The zero-order valence-electron chi connectivity index (χ0n) is 10.4. The second-order valence-corrected chi connectivity index (χ2v) is 4.51. The van der Waals surface area contributed by atoms with E-state index in [4.69, 9.17) is 16.9 Å². The Kier molecular flexibility index (Phi) is 3.98. The average Bonchev–Trinajstić information content (AvgIpc) is 2.43. The number of benzene rings is 1. The van der Waals surface area contributed by atoms with Crippen molar-refractivity contribution in [1.82, 2.24) is 9.88 Å². The van der Waals surface area contributed by atoms with Gasteiger partial charge >= 0.3 is 0 Å². The molecule has 0 aliphatic carbocycles. The van der Waals surface area contributed by atoms with Gasteiger partial charge in [0.15, 0.2) is 0 Å². The largest absolute Gasteiger partial charge is 0.339 e. The van der Waals surface area contributed by atoms with Crippen LogP contribution in [0.3, 0.4) is 0 Å². The van der Waals surface area contributed by atoms with Gasteiger partial charge in [-0.05, 0) is 11.5 Å². The van der Waals surface area contributed by atoms with Crippen LogP contribution in [0.2, 0.25) is 5.15 Å². The molecule has 0 saturated carbocycles. The number of hydrogen-bond donors (Lipinski definition) is 0. The number of carbonyl (C=O) groups is 1. The lowest BCUT2D eigenvalue weighted by Gasteiger charge is -2.15. The van der Waals surface area contributed by atoms with E-state index in [0.29, 0.717) is 23.8 Å². The summed E-state index contributed by atoms with van der Waals surface area (Å²) in [6.45, 7) is 0.376. The SMILES string of the molecule is CN(CCC#N)C(=O)c1cc2ccccc2c(Cl)n1. The number of fused-ring (bicyclic) bond motifs is 1. The monoisotopic (exact) mass is 273 g/mol. The summed E-state index contributed by atoms with van der Waals surface area (Å²) in [6.07, 6.45) is 0.295. The van der Waals surface area contributed by atoms with E-state index in [9.17, 15) is 4.79 Å². The second-order valence-electron chi connectivity index (χ2n) is 4.15. The Hall–Kier alpha value is -2.12. The second kappa shape index (κ2) is 5.68. The Bertz CT molecular complexity index is 663. The Morgan fingerprint density at radius 2 is 2.21 bits per heavy atom. The number of nitriles is 1. The normalized spacial score (nSPS) is 10.2. The first-order chi connectivity index (χ1) is 9.13. The van der Waals surface area contributed by atoms with Crippen LogP contribution in [0.15, 0.2) is 30.3 Å². The lowest BCUT2D eigenvalue weighted by Crippen LogP contribution is -2.28. The van der Waals surface area contributed by atoms with Crippen LogP contribution >= 0.6 is 11.6 Å². The maximum absolute atomic E-state index is 12.1. The van der Waals surface area contributed by atoms with Gasteiger partial charge in [0.1, 0.15) is 10.8 Å². The smallest absolute Gasteiger partial charge is 0.272 e. The van der Waals surface area contributed by atoms with Crippen molar-refractivity contribution in [2.75, 3.05) is 13.6 Å². The van der Waals surface area contributed by atoms with Gasteiger partial charge in [-0.1, -0.05) is 35.9 Å². The van der Waals surface area contributed by atoms with Crippen molar-refractivity contribution in [3.05, 3.63) is 41.2 Å². The fraction of sp³-hybridized carbons (Fsp3) is 0.214. The van der Waals surface area contributed by atoms with Crippen LogP contribution < -0.4 is 0 Å². The Morgan fingerprint density at radius 1 is 1.47 bits per heavy atom. The van der Waals surface area contributed by atoms with Crippen molar-refractivity contribution in [2.45, 2.75) is 6.42 Å². The highest BCUT2D eigenvalue weighted by molar-refractivity contribution is 6.34. The minimum Gasteiger partial charge on any atom is -0.339 e. The predicted molar refractivity (Wildman–Crippen MR) is 73.9 cm³/mol. The molecule has 5 heteroatoms. The van der Waals surface area contributed by atoms with E-state index in [1.165, 1.54) is 4.90 Å². The molecule has 2 aromatic rings. The van der Waals surface area contributed by atoms with Crippen LogP contribution in [0.5, 0.6) is 0 Å². The molecule has 1 heterocycles. The summed E-state index contributed by atoms with van der Waals surface area (Å²) in [7, 11) is 1.64. The van der Waals surface area contributed by atoms with E-state index in [-0.39, 0.29) is 5.91 Å². The predicted octanol–water partition coefficient (Wildman–Crippen LogP) is 2.87. The highest BCUT2D eigenvalue weighted by Crippen LogP contribution is 2.22. The summed E-state index contributed by atoms with van der Waals surface area (Å²) < 4.78 is 0. The number of aromatic nitrogens is 1. The average molecular weight is 274 g/mol. The summed E-state index contributed by atoms with van der Waals surface area (Å²) in [5, 5.41) is 10.5. The molecule has 1 aromatic heterocycles. The summed E-state index contributed by atoms with van der Waals surface area (Å²) in [5.74, 6) is -0.233. The summed E-state index contributed by atoms with van der Waals surface area (Å²) in [6, 6.07) is 11.2. The zero-order chi connectivity index (χ0) is 13.8. The van der Waals surface area contributed by atoms with Crippen molar-refractivity contribution in [2.24, 2.45) is 0 Å². The molecule has 0 fully saturated rings. The topological polar surface area (TPSA) is 57.0 Å². The van der Waals surface area contributed by atoms with Gasteiger partial charge in [0.25, 0.3) is 5.91 Å². The lowest BCUT2D eigenvalue weighted by atomic mass is 10.1. The van der Waals surface area contributed by atoms with Crippen LogP contribution in [-0.4, -0.2) is 29.4 Å². The molecule has 0 spiro atoms. The first-order valence-electron chi connectivity index (χ1n) is 5.81. The molecule has 96 valence electrons. The summed E-state index contributed by atoms with van der Waals surface area (Å²) in [4.78, 5) is 17.7. The third kappa shape index (κ3) is 2.83. The number of nitrogens with zero attached hydrogens (tertiary/aromatic N) is 3. The van der Waals surface area contributed by atoms with Gasteiger partial charge in [0, 0.05) is 19.0 Å². The van der Waals surface area contributed by atoms with Crippen LogP contribution in [0.4, 0.5) is 0 Å². The van der Waals surface area contributed by atoms with Crippen molar-refractivity contribution in [3.8, 4) is 6.07 Å². The van der Waals surface area contributed by atoms with Crippen molar-refractivity contribution in [1.29, 1.82) is 5.26 Å². The highest BCUT2D eigenvalue weighted by atomic mass is 35.5. The first-order valence-corrected chi connectivity index (χ1v) is 6.19. The number of carbonyl (C=O) groups excluding carboxylic acids is 1. The summed E-state index contributed by atoms with van der Waals surface area (Å²) in [5.41, 5.74) is 0.295. The minimum absolute atomic E-state index is 0.233. The highest BCUT2D eigenvalue weighted by Gasteiger charge is 2.15. The minimum atomic E-state index is -0.233. The maximum Gasteiger partial charge on any atom is 0.272 e. The molecule has 19 heavy (non-hydrogen) atoms. The first kappa shape index (κ1) is 13.3. The third-order valence-electron chi connectivity index (χ3n) is 2.82. The Morgan fingerprint density at radius 3 is 2.95 bits per heavy atom. The molecule has 0 aliphatic rings. The molecule has 1 amide bonds. The van der Waals surface area contributed by atoms with Gasteiger partial charge in [0.05, 0.1) is 12.5 Å². The van der Waals surface area contributed by atoms with Gasteiger partial charge in [-0.25, -0.2) is 4.98 Å². The standard InChI is InChI=1S/C14H12ClN3O/c1-18(8-4-7-16)14(19)12-9-10-5-2-3-6-11(10)13(15)17-12/h2-3,5-6,9H,4,8H2,1H3. The van der Waals surface area contributed by atoms with Crippen molar-refractivity contribution in [3.63, 3.8) is 0 Å². The fourth-order valence-electron chi connectivity index (χ4n) is 1.78. The van der Waals surface area contributed by atoms with Crippen molar-refractivity contribution < 1.29 is 4.79 Å². The van der Waals surface area contributed by atoms with Crippen molar-refractivity contribution >= 4 is 28.3 Å². The molecule has 0 bridgehead atoms. The van der Waals surface area contributed by atoms with Crippen LogP contribution in [0.25, 0.3) is 10.8 Å². The molecule has 0 N–H and O–H groups in total. The lowest BCUT2D eigenvalue weighted by molar-refractivity contribution is 0.0792. The quantitative estimate of drug-likeness (QED) is 0.808. The number of rotatable bonds is 3. The molecule has 2 rings (SSSR count). The number of halogens is 1. The molecular formula is C14H12ClN3O. The van der Waals surface area contributed by atoms with Gasteiger partial charge in [0.2, 0.25) is 0 Å². The van der Waals surface area contributed by atoms with Gasteiger partial charge in [-0.2, -0.15) is 5.26 Å². The van der Waals surface area contributed by atoms with E-state index < -0.39 is 0 Å². The van der Waals surface area contributed by atoms with E-state index in [1.54, 1.807) is 13.1 Å². The Balaban J connectivity index is 2.35. The molecule has 0 atom stereocenters. The van der Waals surface area contributed by atoms with Gasteiger partial charge in [-0.3, -0.25) is 4.79 Å². The molecule has 0 saturated heterocycles. The maximum atomic E-state index is 12.1. The van der Waals surface area contributed by atoms with Gasteiger partial charge in [-0.15, -0.1) is 0 Å². The van der Waals surface area contributed by atoms with E-state index >= 15 is 0 Å². The fourth-order valence-corrected chi connectivity index (χ4v) is 2.04. The number of hydrogen-bond acceptors (Lipinski definition) is 3. The molecular weight excluding hydrogens is 262 g/mol. The molecule has 0 radical (unpaired) electrons. The van der Waals surface area contributed by atoms with Crippen LogP contribution in [-0.2, 0) is 0 Å². The van der Waals surface area contributed by atoms with E-state index in [2.05, 4.69) is 4.98 Å². The number of pyridine rings is 1.